The van der Waals surface area contributed by atoms with Crippen LogP contribution in [0.5, 0.6) is 0 Å². The number of halogens is 1. The molecule has 0 saturated carbocycles. The maximum Gasteiger partial charge on any atom is 0.272 e. The van der Waals surface area contributed by atoms with E-state index in [1.165, 1.54) is 12.1 Å². The molecule has 0 aliphatic carbocycles. The third-order valence-corrected chi connectivity index (χ3v) is 2.35. The number of amides is 1. The molecule has 1 rings (SSSR count). The van der Waals surface area contributed by atoms with Crippen molar-refractivity contribution in [2.24, 2.45) is 0 Å². The van der Waals surface area contributed by atoms with Gasteiger partial charge in [0.2, 0.25) is 0 Å². The van der Waals surface area contributed by atoms with E-state index in [0.29, 0.717) is 0 Å². The first kappa shape index (κ1) is 13.8. The van der Waals surface area contributed by atoms with Gasteiger partial charge < -0.3 is 20.6 Å². The SMILES string of the molecule is O=C(NC(CO)(CO)CO)c1ccc(Cl)nn1. The van der Waals surface area contributed by atoms with Crippen LogP contribution in [0, 0.1) is 0 Å². The molecule has 0 spiro atoms. The average molecular weight is 262 g/mol. The summed E-state index contributed by atoms with van der Waals surface area (Å²) >= 11 is 5.51. The smallest absolute Gasteiger partial charge is 0.272 e. The summed E-state index contributed by atoms with van der Waals surface area (Å²) in [7, 11) is 0. The molecule has 8 heteroatoms. The highest BCUT2D eigenvalue weighted by atomic mass is 35.5. The molecule has 1 aromatic rings. The van der Waals surface area contributed by atoms with Crippen LogP contribution in [0.3, 0.4) is 0 Å². The number of carbonyl (C=O) groups is 1. The van der Waals surface area contributed by atoms with E-state index < -0.39 is 31.3 Å². The van der Waals surface area contributed by atoms with Crippen LogP contribution in [0.15, 0.2) is 12.1 Å². The maximum absolute atomic E-state index is 11.7. The number of hydrogen-bond donors (Lipinski definition) is 4. The van der Waals surface area contributed by atoms with E-state index in [0.717, 1.165) is 0 Å². The monoisotopic (exact) mass is 261 g/mol. The molecular weight excluding hydrogens is 250 g/mol. The molecule has 0 radical (unpaired) electrons. The zero-order valence-electron chi connectivity index (χ0n) is 8.80. The van der Waals surface area contributed by atoms with Crippen molar-refractivity contribution in [1.82, 2.24) is 15.5 Å². The highest BCUT2D eigenvalue weighted by Crippen LogP contribution is 2.06. The molecule has 17 heavy (non-hydrogen) atoms. The molecule has 0 aliphatic heterocycles. The molecule has 4 N–H and O–H groups in total. The highest BCUT2D eigenvalue weighted by Gasteiger charge is 2.30. The Morgan fingerprint density at radius 1 is 1.24 bits per heavy atom. The lowest BCUT2D eigenvalue weighted by Crippen LogP contribution is -2.57. The van der Waals surface area contributed by atoms with Crippen LogP contribution in [-0.2, 0) is 0 Å². The predicted molar refractivity (Wildman–Crippen MR) is 58.5 cm³/mol. The van der Waals surface area contributed by atoms with E-state index in [4.69, 9.17) is 26.9 Å². The van der Waals surface area contributed by atoms with Gasteiger partial charge in [0.1, 0.15) is 5.54 Å². The van der Waals surface area contributed by atoms with Crippen molar-refractivity contribution in [2.45, 2.75) is 5.54 Å². The molecule has 1 amide bonds. The van der Waals surface area contributed by atoms with Gasteiger partial charge >= 0.3 is 0 Å². The molecule has 7 nitrogen and oxygen atoms in total. The Hall–Kier alpha value is -1.28. The molecule has 0 unspecified atom stereocenters. The fraction of sp³-hybridized carbons (Fsp3) is 0.444. The van der Waals surface area contributed by atoms with Crippen molar-refractivity contribution in [3.8, 4) is 0 Å². The second kappa shape index (κ2) is 5.87. The van der Waals surface area contributed by atoms with Crippen LogP contribution >= 0.6 is 11.6 Å². The number of aliphatic hydroxyl groups is 3. The maximum atomic E-state index is 11.7. The fourth-order valence-corrected chi connectivity index (χ4v) is 1.11. The van der Waals surface area contributed by atoms with Gasteiger partial charge in [-0.25, -0.2) is 0 Å². The van der Waals surface area contributed by atoms with Gasteiger partial charge in [-0.3, -0.25) is 4.79 Å². The topological polar surface area (TPSA) is 116 Å². The van der Waals surface area contributed by atoms with Crippen molar-refractivity contribution in [2.75, 3.05) is 19.8 Å². The van der Waals surface area contributed by atoms with Crippen molar-refractivity contribution in [3.63, 3.8) is 0 Å². The van der Waals surface area contributed by atoms with Gasteiger partial charge in [0.15, 0.2) is 10.8 Å². The van der Waals surface area contributed by atoms with Crippen LogP contribution in [-0.4, -0.2) is 56.8 Å². The molecule has 0 atom stereocenters. The van der Waals surface area contributed by atoms with E-state index in [-0.39, 0.29) is 10.8 Å². The van der Waals surface area contributed by atoms with Gasteiger partial charge in [-0.2, -0.15) is 0 Å². The summed E-state index contributed by atoms with van der Waals surface area (Å²) < 4.78 is 0. The molecule has 1 heterocycles. The van der Waals surface area contributed by atoms with Crippen LogP contribution in [0.2, 0.25) is 5.15 Å². The number of hydrogen-bond acceptors (Lipinski definition) is 6. The Bertz CT molecular complexity index is 372. The first-order valence-corrected chi connectivity index (χ1v) is 5.09. The summed E-state index contributed by atoms with van der Waals surface area (Å²) in [6.07, 6.45) is 0. The molecule has 0 saturated heterocycles. The zero-order chi connectivity index (χ0) is 12.9. The second-order valence-electron chi connectivity index (χ2n) is 3.45. The van der Waals surface area contributed by atoms with E-state index in [1.807, 2.05) is 0 Å². The highest BCUT2D eigenvalue weighted by molar-refractivity contribution is 6.29. The fourth-order valence-electron chi connectivity index (χ4n) is 1.01. The largest absolute Gasteiger partial charge is 0.394 e. The van der Waals surface area contributed by atoms with Gasteiger partial charge in [0.05, 0.1) is 19.8 Å². The van der Waals surface area contributed by atoms with Gasteiger partial charge in [0, 0.05) is 0 Å². The molecule has 94 valence electrons. The van der Waals surface area contributed by atoms with E-state index >= 15 is 0 Å². The lowest BCUT2D eigenvalue weighted by molar-refractivity contribution is 0.0372. The Morgan fingerprint density at radius 2 is 1.82 bits per heavy atom. The first-order chi connectivity index (χ1) is 8.06. The number of rotatable bonds is 5. The van der Waals surface area contributed by atoms with Crippen molar-refractivity contribution >= 4 is 17.5 Å². The van der Waals surface area contributed by atoms with Gasteiger partial charge in [-0.15, -0.1) is 10.2 Å². The number of aromatic nitrogens is 2. The van der Waals surface area contributed by atoms with Crippen LogP contribution in [0.25, 0.3) is 0 Å². The summed E-state index contributed by atoms with van der Waals surface area (Å²) in [5.41, 5.74) is -1.52. The van der Waals surface area contributed by atoms with Crippen LogP contribution in [0.4, 0.5) is 0 Å². The Morgan fingerprint density at radius 3 is 2.24 bits per heavy atom. The summed E-state index contributed by atoms with van der Waals surface area (Å²) in [6, 6.07) is 2.71. The van der Waals surface area contributed by atoms with Crippen molar-refractivity contribution in [3.05, 3.63) is 23.0 Å². The number of carbonyl (C=O) groups excluding carboxylic acids is 1. The molecule has 0 aliphatic rings. The van der Waals surface area contributed by atoms with Crippen LogP contribution in [0.1, 0.15) is 10.5 Å². The Balaban J connectivity index is 2.81. The zero-order valence-corrected chi connectivity index (χ0v) is 9.55. The average Bonchev–Trinajstić information content (AvgIpc) is 2.37. The van der Waals surface area contributed by atoms with E-state index in [9.17, 15) is 4.79 Å². The Labute approximate surface area is 102 Å². The standard InChI is InChI=1S/C9H12ClN3O4/c10-7-2-1-6(12-13-7)8(17)11-9(3-14,4-15)5-16/h1-2,14-16H,3-5H2,(H,11,17). The lowest BCUT2D eigenvalue weighted by Gasteiger charge is -2.28. The molecule has 0 bridgehead atoms. The van der Waals surface area contributed by atoms with Crippen LogP contribution < -0.4 is 5.32 Å². The molecule has 0 fully saturated rings. The summed E-state index contributed by atoms with van der Waals surface area (Å²) in [5.74, 6) is -0.675. The van der Waals surface area contributed by atoms with Gasteiger partial charge in [-0.1, -0.05) is 11.6 Å². The minimum absolute atomic E-state index is 0.0332. The van der Waals surface area contributed by atoms with Gasteiger partial charge in [-0.05, 0) is 12.1 Å². The van der Waals surface area contributed by atoms with Crippen molar-refractivity contribution < 1.29 is 20.1 Å². The first-order valence-electron chi connectivity index (χ1n) is 4.71. The minimum Gasteiger partial charge on any atom is -0.394 e. The van der Waals surface area contributed by atoms with Gasteiger partial charge in [0.25, 0.3) is 5.91 Å². The van der Waals surface area contributed by atoms with E-state index in [1.54, 1.807) is 0 Å². The number of nitrogens with zero attached hydrogens (tertiary/aromatic N) is 2. The third kappa shape index (κ3) is 3.34. The lowest BCUT2D eigenvalue weighted by atomic mass is 10.0. The normalized spacial score (nSPS) is 11.3. The summed E-state index contributed by atoms with van der Waals surface area (Å²) in [6.45, 7) is -1.81. The minimum atomic E-state index is -1.49. The molecule has 0 aromatic carbocycles. The number of nitrogens with one attached hydrogen (secondary N) is 1. The number of aliphatic hydroxyl groups excluding tert-OH is 3. The summed E-state index contributed by atoms with van der Waals surface area (Å²) in [4.78, 5) is 11.7. The van der Waals surface area contributed by atoms with Crippen molar-refractivity contribution in [1.29, 1.82) is 0 Å². The molecular formula is C9H12ClN3O4. The quantitative estimate of drug-likeness (QED) is 0.517. The molecule has 1 aromatic heterocycles. The Kier molecular flexibility index (Phi) is 4.76. The second-order valence-corrected chi connectivity index (χ2v) is 3.84. The predicted octanol–water partition coefficient (Wildman–Crippen LogP) is -1.42. The van der Waals surface area contributed by atoms with E-state index in [2.05, 4.69) is 15.5 Å². The summed E-state index contributed by atoms with van der Waals surface area (Å²) in [5, 5.41) is 36.5. The third-order valence-electron chi connectivity index (χ3n) is 2.15.